The van der Waals surface area contributed by atoms with Crippen LogP contribution in [-0.4, -0.2) is 21.6 Å². The first-order valence-corrected chi connectivity index (χ1v) is 9.82. The molecule has 24 heavy (non-hydrogen) atoms. The molecule has 0 heterocycles. The van der Waals surface area contributed by atoms with Gasteiger partial charge in [0.05, 0.1) is 11.9 Å². The van der Waals surface area contributed by atoms with E-state index in [-0.39, 0.29) is 16.6 Å². The molecule has 0 unspecified atom stereocenters. The number of carbonyl (C=O) groups is 1. The Morgan fingerprint density at radius 3 is 2.46 bits per heavy atom. The van der Waals surface area contributed by atoms with Gasteiger partial charge < -0.3 is 10.2 Å². The lowest BCUT2D eigenvalue weighted by atomic mass is 9.44. The number of allylic oxidation sites excluding steroid dienone is 1. The Morgan fingerprint density at radius 2 is 1.75 bits per heavy atom. The predicted octanol–water partition coefficient (Wildman–Crippen LogP) is 4.40. The average Bonchev–Trinajstić information content (AvgIpc) is 2.77. The van der Waals surface area contributed by atoms with E-state index in [0.29, 0.717) is 35.7 Å². The molecule has 4 fully saturated rings. The Morgan fingerprint density at radius 1 is 1.04 bits per heavy atom. The first-order chi connectivity index (χ1) is 11.2. The maximum absolute atomic E-state index is 12.2. The van der Waals surface area contributed by atoms with Gasteiger partial charge in [-0.15, -0.1) is 0 Å². The number of Topliss-reactive ketones (excluding diaryl/α,β-unsaturated/α-hetero) is 1. The third-order valence-electron chi connectivity index (χ3n) is 9.14. The van der Waals surface area contributed by atoms with Gasteiger partial charge in [-0.25, -0.2) is 0 Å². The Balaban J connectivity index is 1.67. The zero-order valence-electron chi connectivity index (χ0n) is 15.3. The van der Waals surface area contributed by atoms with Gasteiger partial charge in [-0.1, -0.05) is 13.8 Å². The van der Waals surface area contributed by atoms with Crippen molar-refractivity contribution < 1.29 is 15.0 Å². The Kier molecular flexibility index (Phi) is 3.53. The van der Waals surface area contributed by atoms with Crippen LogP contribution in [0.3, 0.4) is 0 Å². The summed E-state index contributed by atoms with van der Waals surface area (Å²) in [5.74, 6) is 2.55. The number of ketones is 1. The fourth-order valence-electron chi connectivity index (χ4n) is 7.37. The maximum Gasteiger partial charge on any atom is 0.162 e. The van der Waals surface area contributed by atoms with Gasteiger partial charge in [-0.2, -0.15) is 0 Å². The Labute approximate surface area is 145 Å². The molecule has 0 aromatic heterocycles. The van der Waals surface area contributed by atoms with E-state index in [4.69, 9.17) is 0 Å². The molecule has 0 aliphatic heterocycles. The highest BCUT2D eigenvalue weighted by atomic mass is 16.3. The fourth-order valence-corrected chi connectivity index (χ4v) is 7.37. The van der Waals surface area contributed by atoms with E-state index in [9.17, 15) is 15.0 Å². The fraction of sp³-hybridized carbons (Fsp3) is 0.857. The summed E-state index contributed by atoms with van der Waals surface area (Å²) in [6, 6.07) is 0. The van der Waals surface area contributed by atoms with Gasteiger partial charge in [0.25, 0.3) is 0 Å². The van der Waals surface area contributed by atoms with E-state index in [1.54, 1.807) is 0 Å². The molecule has 0 aromatic carbocycles. The quantitative estimate of drug-likeness (QED) is 0.510. The van der Waals surface area contributed by atoms with E-state index in [0.717, 1.165) is 44.8 Å². The number of carbonyl (C=O) groups excluding carboxylic acids is 1. The summed E-state index contributed by atoms with van der Waals surface area (Å²) in [7, 11) is 0. The van der Waals surface area contributed by atoms with E-state index >= 15 is 0 Å². The van der Waals surface area contributed by atoms with Gasteiger partial charge in [-0.05, 0) is 86.4 Å². The molecule has 7 atom stereocenters. The first kappa shape index (κ1) is 16.6. The van der Waals surface area contributed by atoms with Crippen molar-refractivity contribution in [2.45, 2.75) is 77.7 Å². The average molecular weight is 332 g/mol. The van der Waals surface area contributed by atoms with Gasteiger partial charge in [0.2, 0.25) is 0 Å². The largest absolute Gasteiger partial charge is 0.515 e. The van der Waals surface area contributed by atoms with Crippen molar-refractivity contribution in [2.24, 2.45) is 34.5 Å². The maximum atomic E-state index is 12.2. The highest BCUT2D eigenvalue weighted by Crippen LogP contribution is 2.68. The number of fused-ring (bicyclic) bond motifs is 5. The molecule has 4 rings (SSSR count). The highest BCUT2D eigenvalue weighted by Gasteiger charge is 2.63. The summed E-state index contributed by atoms with van der Waals surface area (Å²) in [5, 5.41) is 20.5. The molecular weight excluding hydrogens is 300 g/mol. The van der Waals surface area contributed by atoms with Gasteiger partial charge in [-0.3, -0.25) is 4.79 Å². The van der Waals surface area contributed by atoms with Crippen LogP contribution in [-0.2, 0) is 4.79 Å². The second kappa shape index (κ2) is 5.09. The van der Waals surface area contributed by atoms with E-state index in [1.807, 2.05) is 6.92 Å². The lowest BCUT2D eigenvalue weighted by Crippen LogP contribution is -2.56. The summed E-state index contributed by atoms with van der Waals surface area (Å²) in [6.07, 6.45) is 9.11. The van der Waals surface area contributed by atoms with Crippen molar-refractivity contribution in [3.8, 4) is 0 Å². The van der Waals surface area contributed by atoms with Crippen molar-refractivity contribution in [3.63, 3.8) is 0 Å². The molecule has 0 aromatic rings. The molecule has 0 amide bonds. The van der Waals surface area contributed by atoms with Crippen molar-refractivity contribution >= 4 is 5.78 Å². The number of hydrogen-bond donors (Lipinski definition) is 2. The number of rotatable bonds is 0. The van der Waals surface area contributed by atoms with Gasteiger partial charge >= 0.3 is 0 Å². The highest BCUT2D eigenvalue weighted by molar-refractivity contribution is 5.96. The third kappa shape index (κ3) is 1.97. The molecule has 0 radical (unpaired) electrons. The van der Waals surface area contributed by atoms with Gasteiger partial charge in [0.1, 0.15) is 0 Å². The molecular formula is C21H32O3. The summed E-state index contributed by atoms with van der Waals surface area (Å²) in [6.45, 7) is 6.74. The van der Waals surface area contributed by atoms with Gasteiger partial charge in [0.15, 0.2) is 5.78 Å². The van der Waals surface area contributed by atoms with Crippen LogP contribution in [0.5, 0.6) is 0 Å². The molecule has 2 N–H and O–H groups in total. The van der Waals surface area contributed by atoms with Crippen LogP contribution in [0.15, 0.2) is 11.8 Å². The molecule has 4 saturated carbocycles. The normalized spacial score (nSPS) is 55.8. The Hall–Kier alpha value is -0.830. The minimum Gasteiger partial charge on any atom is -0.515 e. The summed E-state index contributed by atoms with van der Waals surface area (Å²) >= 11 is 0. The first-order valence-electron chi connectivity index (χ1n) is 9.82. The molecule has 3 nitrogen and oxygen atoms in total. The van der Waals surface area contributed by atoms with E-state index in [2.05, 4.69) is 13.8 Å². The summed E-state index contributed by atoms with van der Waals surface area (Å²) < 4.78 is 0. The van der Waals surface area contributed by atoms with Crippen LogP contribution < -0.4 is 0 Å². The molecule has 0 saturated heterocycles. The molecule has 0 bridgehead atoms. The van der Waals surface area contributed by atoms with Crippen LogP contribution in [0.2, 0.25) is 0 Å². The third-order valence-corrected chi connectivity index (χ3v) is 9.14. The van der Waals surface area contributed by atoms with Crippen molar-refractivity contribution in [2.75, 3.05) is 0 Å². The van der Waals surface area contributed by atoms with Crippen molar-refractivity contribution in [1.82, 2.24) is 0 Å². The zero-order valence-corrected chi connectivity index (χ0v) is 15.3. The summed E-state index contributed by atoms with van der Waals surface area (Å²) in [4.78, 5) is 12.2. The second-order valence-electron chi connectivity index (χ2n) is 9.88. The second-order valence-corrected chi connectivity index (χ2v) is 9.88. The summed E-state index contributed by atoms with van der Waals surface area (Å²) in [5.41, 5.74) is 0.304. The zero-order chi connectivity index (χ0) is 17.3. The van der Waals surface area contributed by atoms with Crippen LogP contribution in [0.1, 0.15) is 72.1 Å². The molecule has 4 aliphatic carbocycles. The SMILES string of the molecule is C[C@]12C/C(=C\O)C(=O)C[C@@H]1CC[C@@H]1[C@H]2CC[C@@]2(C)[C@H]1CC[C@]2(C)O. The van der Waals surface area contributed by atoms with E-state index in [1.165, 1.54) is 6.42 Å². The van der Waals surface area contributed by atoms with Crippen LogP contribution >= 0.6 is 0 Å². The molecule has 3 heteroatoms. The predicted molar refractivity (Wildman–Crippen MR) is 93.5 cm³/mol. The number of aliphatic hydroxyl groups excluding tert-OH is 1. The minimum atomic E-state index is -0.529. The lowest BCUT2D eigenvalue weighted by Gasteiger charge is -2.61. The molecule has 4 aliphatic rings. The van der Waals surface area contributed by atoms with Crippen LogP contribution in [0.4, 0.5) is 0 Å². The van der Waals surface area contributed by atoms with Crippen molar-refractivity contribution in [3.05, 3.63) is 11.8 Å². The Bertz CT molecular complexity index is 592. The minimum absolute atomic E-state index is 0.0531. The van der Waals surface area contributed by atoms with Crippen LogP contribution in [0, 0.1) is 34.5 Å². The topological polar surface area (TPSA) is 57.5 Å². The monoisotopic (exact) mass is 332 g/mol. The lowest BCUT2D eigenvalue weighted by molar-refractivity contribution is -0.147. The van der Waals surface area contributed by atoms with E-state index < -0.39 is 5.60 Å². The number of aliphatic hydroxyl groups is 2. The number of hydrogen-bond acceptors (Lipinski definition) is 3. The van der Waals surface area contributed by atoms with Crippen molar-refractivity contribution in [1.29, 1.82) is 0 Å². The smallest absolute Gasteiger partial charge is 0.162 e. The molecule has 134 valence electrons. The van der Waals surface area contributed by atoms with Crippen LogP contribution in [0.25, 0.3) is 0 Å². The standard InChI is InChI=1S/C21H32O3/c1-19-11-13(12-22)18(23)10-14(19)4-5-15-16(19)6-8-20(2)17(15)7-9-21(20,3)24/h12,14-17,22,24H,4-11H2,1-3H3/b13-12+/t14-,15+,16+,17-,19-,20-,21-/m0/s1. The molecule has 0 spiro atoms. The van der Waals surface area contributed by atoms with Gasteiger partial charge in [0, 0.05) is 12.0 Å².